The fourth-order valence-electron chi connectivity index (χ4n) is 0.694. The molecule has 1 N–H and O–H groups in total. The highest BCUT2D eigenvalue weighted by Gasteiger charge is 2.17. The standard InChI is InChI=1S/C7H11NO2/c1-6(7(9)10)2-3-8-4-5-8/h1-5H2,(H,9,10). The number of carboxylic acid groups (broad SMARTS) is 1. The maximum absolute atomic E-state index is 10.2. The molecule has 0 aliphatic carbocycles. The van der Waals surface area contributed by atoms with Crippen LogP contribution in [0.2, 0.25) is 0 Å². The van der Waals surface area contributed by atoms with E-state index >= 15 is 0 Å². The monoisotopic (exact) mass is 141 g/mol. The zero-order valence-electron chi connectivity index (χ0n) is 5.84. The molecule has 1 saturated heterocycles. The summed E-state index contributed by atoms with van der Waals surface area (Å²) in [6.45, 7) is 6.52. The number of carboxylic acids is 1. The van der Waals surface area contributed by atoms with Gasteiger partial charge in [-0.3, -0.25) is 0 Å². The zero-order chi connectivity index (χ0) is 7.56. The zero-order valence-corrected chi connectivity index (χ0v) is 5.84. The molecule has 56 valence electrons. The molecule has 0 amide bonds. The van der Waals surface area contributed by atoms with Crippen molar-refractivity contribution < 1.29 is 9.90 Å². The van der Waals surface area contributed by atoms with Crippen molar-refractivity contribution in [2.24, 2.45) is 0 Å². The Hall–Kier alpha value is -0.830. The predicted octanol–water partition coefficient (Wildman–Crippen LogP) is 0.333. The highest BCUT2D eigenvalue weighted by atomic mass is 16.4. The van der Waals surface area contributed by atoms with Crippen molar-refractivity contribution in [2.45, 2.75) is 6.42 Å². The molecule has 1 rings (SSSR count). The van der Waals surface area contributed by atoms with Crippen LogP contribution >= 0.6 is 0 Å². The van der Waals surface area contributed by atoms with Crippen LogP contribution in [-0.4, -0.2) is 35.6 Å². The Morgan fingerprint density at radius 3 is 2.60 bits per heavy atom. The van der Waals surface area contributed by atoms with Gasteiger partial charge < -0.3 is 10.0 Å². The second kappa shape index (κ2) is 2.84. The molecule has 0 bridgehead atoms. The van der Waals surface area contributed by atoms with Crippen molar-refractivity contribution in [3.8, 4) is 0 Å². The molecule has 3 nitrogen and oxygen atoms in total. The molecule has 0 atom stereocenters. The number of aliphatic carboxylic acids is 1. The average molecular weight is 141 g/mol. The molecule has 1 aliphatic heterocycles. The third kappa shape index (κ3) is 2.19. The molecule has 0 saturated carbocycles. The summed E-state index contributed by atoms with van der Waals surface area (Å²) in [5, 5.41) is 8.40. The van der Waals surface area contributed by atoms with Gasteiger partial charge in [-0.25, -0.2) is 4.79 Å². The lowest BCUT2D eigenvalue weighted by Gasteiger charge is -1.98. The van der Waals surface area contributed by atoms with E-state index in [0.29, 0.717) is 12.0 Å². The first kappa shape index (κ1) is 7.28. The number of carbonyl (C=O) groups is 1. The van der Waals surface area contributed by atoms with Crippen LogP contribution in [0.3, 0.4) is 0 Å². The van der Waals surface area contributed by atoms with Gasteiger partial charge >= 0.3 is 5.97 Å². The molecular formula is C7H11NO2. The van der Waals surface area contributed by atoms with Crippen molar-refractivity contribution in [1.29, 1.82) is 0 Å². The van der Waals surface area contributed by atoms with Gasteiger partial charge in [-0.05, 0) is 6.42 Å². The quantitative estimate of drug-likeness (QED) is 0.453. The lowest BCUT2D eigenvalue weighted by molar-refractivity contribution is -0.132. The largest absolute Gasteiger partial charge is 0.478 e. The van der Waals surface area contributed by atoms with E-state index < -0.39 is 5.97 Å². The minimum absolute atomic E-state index is 0.312. The Morgan fingerprint density at radius 2 is 2.20 bits per heavy atom. The second-order valence-electron chi connectivity index (χ2n) is 2.50. The third-order valence-corrected chi connectivity index (χ3v) is 1.57. The first-order valence-electron chi connectivity index (χ1n) is 3.33. The number of nitrogens with zero attached hydrogens (tertiary/aromatic N) is 1. The number of rotatable bonds is 4. The van der Waals surface area contributed by atoms with E-state index in [2.05, 4.69) is 11.5 Å². The summed E-state index contributed by atoms with van der Waals surface area (Å²) in [6, 6.07) is 0. The Morgan fingerprint density at radius 1 is 1.60 bits per heavy atom. The minimum atomic E-state index is -0.873. The highest BCUT2D eigenvalue weighted by Crippen LogP contribution is 2.07. The third-order valence-electron chi connectivity index (χ3n) is 1.57. The lowest BCUT2D eigenvalue weighted by atomic mass is 10.2. The Labute approximate surface area is 59.9 Å². The normalized spacial score (nSPS) is 16.8. The van der Waals surface area contributed by atoms with Gasteiger partial charge in [0.15, 0.2) is 0 Å². The molecule has 0 unspecified atom stereocenters. The summed E-state index contributed by atoms with van der Waals surface area (Å²) in [5.41, 5.74) is 0.312. The number of hydrogen-bond acceptors (Lipinski definition) is 2. The van der Waals surface area contributed by atoms with E-state index in [9.17, 15) is 4.79 Å². The van der Waals surface area contributed by atoms with Crippen LogP contribution in [0.15, 0.2) is 12.2 Å². The molecule has 0 aromatic rings. The van der Waals surface area contributed by atoms with Crippen molar-refractivity contribution in [3.05, 3.63) is 12.2 Å². The molecule has 0 aromatic heterocycles. The SMILES string of the molecule is C=C(CCN1CC1)C(=O)O. The molecule has 0 radical (unpaired) electrons. The average Bonchev–Trinajstić information content (AvgIpc) is 2.64. The van der Waals surface area contributed by atoms with Gasteiger partial charge in [0.1, 0.15) is 0 Å². The molecule has 3 heteroatoms. The van der Waals surface area contributed by atoms with E-state index in [-0.39, 0.29) is 0 Å². The van der Waals surface area contributed by atoms with Crippen molar-refractivity contribution in [2.75, 3.05) is 19.6 Å². The summed E-state index contributed by atoms with van der Waals surface area (Å²) in [7, 11) is 0. The Balaban J connectivity index is 2.11. The van der Waals surface area contributed by atoms with Crippen LogP contribution in [0.25, 0.3) is 0 Å². The minimum Gasteiger partial charge on any atom is -0.478 e. The van der Waals surface area contributed by atoms with E-state index in [0.717, 1.165) is 19.6 Å². The highest BCUT2D eigenvalue weighted by molar-refractivity contribution is 5.85. The maximum Gasteiger partial charge on any atom is 0.331 e. The van der Waals surface area contributed by atoms with E-state index in [1.54, 1.807) is 0 Å². The fourth-order valence-corrected chi connectivity index (χ4v) is 0.694. The van der Waals surface area contributed by atoms with Crippen molar-refractivity contribution >= 4 is 5.97 Å². The van der Waals surface area contributed by atoms with E-state index in [4.69, 9.17) is 5.11 Å². The van der Waals surface area contributed by atoms with Crippen molar-refractivity contribution in [3.63, 3.8) is 0 Å². The molecule has 1 aliphatic rings. The topological polar surface area (TPSA) is 40.3 Å². The van der Waals surface area contributed by atoms with Crippen LogP contribution in [0.1, 0.15) is 6.42 Å². The summed E-state index contributed by atoms with van der Waals surface area (Å²) >= 11 is 0. The Kier molecular flexibility index (Phi) is 2.06. The summed E-state index contributed by atoms with van der Waals surface area (Å²) in [4.78, 5) is 12.4. The lowest BCUT2D eigenvalue weighted by Crippen LogP contribution is -2.06. The van der Waals surface area contributed by atoms with Crippen LogP contribution in [0.4, 0.5) is 0 Å². The van der Waals surface area contributed by atoms with Gasteiger partial charge in [0, 0.05) is 25.2 Å². The first-order chi connectivity index (χ1) is 4.70. The van der Waals surface area contributed by atoms with Gasteiger partial charge in [-0.2, -0.15) is 0 Å². The van der Waals surface area contributed by atoms with Crippen LogP contribution < -0.4 is 0 Å². The summed E-state index contributed by atoms with van der Waals surface area (Å²) < 4.78 is 0. The van der Waals surface area contributed by atoms with Crippen LogP contribution in [0, 0.1) is 0 Å². The predicted molar refractivity (Wildman–Crippen MR) is 37.8 cm³/mol. The van der Waals surface area contributed by atoms with Gasteiger partial charge in [0.25, 0.3) is 0 Å². The fraction of sp³-hybridized carbons (Fsp3) is 0.571. The van der Waals surface area contributed by atoms with Gasteiger partial charge in [-0.1, -0.05) is 6.58 Å². The molecular weight excluding hydrogens is 130 g/mol. The summed E-state index contributed by atoms with van der Waals surface area (Å²) in [6.07, 6.45) is 0.593. The van der Waals surface area contributed by atoms with Crippen LogP contribution in [0.5, 0.6) is 0 Å². The summed E-state index contributed by atoms with van der Waals surface area (Å²) in [5.74, 6) is -0.873. The van der Waals surface area contributed by atoms with Crippen molar-refractivity contribution in [1.82, 2.24) is 4.90 Å². The number of hydrogen-bond donors (Lipinski definition) is 1. The first-order valence-corrected chi connectivity index (χ1v) is 3.33. The van der Waals surface area contributed by atoms with E-state index in [1.165, 1.54) is 0 Å². The molecule has 0 aromatic carbocycles. The molecule has 1 fully saturated rings. The molecule has 1 heterocycles. The molecule has 0 spiro atoms. The van der Waals surface area contributed by atoms with Gasteiger partial charge in [0.2, 0.25) is 0 Å². The second-order valence-corrected chi connectivity index (χ2v) is 2.50. The van der Waals surface area contributed by atoms with Gasteiger partial charge in [0.05, 0.1) is 0 Å². The molecule has 10 heavy (non-hydrogen) atoms. The smallest absolute Gasteiger partial charge is 0.331 e. The van der Waals surface area contributed by atoms with Gasteiger partial charge in [-0.15, -0.1) is 0 Å². The Bertz CT molecular complexity index is 161. The maximum atomic E-state index is 10.2. The van der Waals surface area contributed by atoms with Crippen LogP contribution in [-0.2, 0) is 4.79 Å². The van der Waals surface area contributed by atoms with E-state index in [1.807, 2.05) is 0 Å².